The molecule has 1 aromatic heterocycles. The lowest BCUT2D eigenvalue weighted by atomic mass is 9.94. The first-order valence-corrected chi connectivity index (χ1v) is 11.3. The van der Waals surface area contributed by atoms with Gasteiger partial charge in [-0.15, -0.1) is 0 Å². The van der Waals surface area contributed by atoms with E-state index in [9.17, 15) is 18.8 Å². The van der Waals surface area contributed by atoms with E-state index in [0.717, 1.165) is 23.3 Å². The van der Waals surface area contributed by atoms with Gasteiger partial charge in [0.25, 0.3) is 11.5 Å². The molecule has 2 aromatic carbocycles. The highest BCUT2D eigenvalue weighted by atomic mass is 19.1. The zero-order valence-electron chi connectivity index (χ0n) is 20.0. The van der Waals surface area contributed by atoms with E-state index >= 15 is 0 Å². The van der Waals surface area contributed by atoms with Gasteiger partial charge in [0, 0.05) is 18.7 Å². The van der Waals surface area contributed by atoms with Gasteiger partial charge >= 0.3 is 0 Å². The van der Waals surface area contributed by atoms with Crippen LogP contribution in [0.25, 0.3) is 10.8 Å². The van der Waals surface area contributed by atoms with Gasteiger partial charge in [-0.05, 0) is 41.8 Å². The van der Waals surface area contributed by atoms with Gasteiger partial charge in [-0.2, -0.15) is 5.10 Å². The van der Waals surface area contributed by atoms with E-state index in [4.69, 9.17) is 9.90 Å². The number of alkyl halides is 1. The van der Waals surface area contributed by atoms with Gasteiger partial charge in [0.1, 0.15) is 6.67 Å². The minimum absolute atomic E-state index is 0.273. The number of rotatable bonds is 9. The third kappa shape index (κ3) is 7.84. The van der Waals surface area contributed by atoms with E-state index in [1.807, 2.05) is 49.4 Å². The number of nitrogens with zero attached hydrogens (tertiary/aromatic N) is 2. The van der Waals surface area contributed by atoms with Crippen molar-refractivity contribution in [3.05, 3.63) is 76.2 Å². The molecule has 0 fully saturated rings. The van der Waals surface area contributed by atoms with Crippen LogP contribution in [0.3, 0.4) is 0 Å². The quantitative estimate of drug-likeness (QED) is 0.481. The van der Waals surface area contributed by atoms with Crippen molar-refractivity contribution in [1.82, 2.24) is 15.1 Å². The molecule has 2 atom stereocenters. The van der Waals surface area contributed by atoms with Crippen molar-refractivity contribution in [2.75, 3.05) is 6.67 Å². The second kappa shape index (κ2) is 13.1. The van der Waals surface area contributed by atoms with Crippen molar-refractivity contribution in [2.45, 2.75) is 52.1 Å². The molecule has 1 heterocycles. The molecule has 0 saturated carbocycles. The third-order valence-corrected chi connectivity index (χ3v) is 5.33. The molecule has 35 heavy (non-hydrogen) atoms. The van der Waals surface area contributed by atoms with Gasteiger partial charge in [-0.1, -0.05) is 49.7 Å². The van der Waals surface area contributed by atoms with E-state index in [1.54, 1.807) is 6.07 Å². The standard InChI is InChI=1S/C24H26FN3O3.C2H4O2/c1-3-6-20(23(30)27-16(2)22(29)14-25)21-11-12-26-28(24(21)31)15-17-9-10-18-7-4-5-8-19(18)13-17;1-2(3)4/h4-5,7-13,16,20H,3,6,14-15H2,1-2H3,(H,27,30);1H3,(H,3,4). The molecule has 3 aromatic rings. The molecule has 0 radical (unpaired) electrons. The molecule has 0 saturated heterocycles. The Labute approximate surface area is 202 Å². The van der Waals surface area contributed by atoms with Crippen LogP contribution in [0.15, 0.2) is 59.5 Å². The van der Waals surface area contributed by atoms with Crippen LogP contribution in [-0.2, 0) is 20.9 Å². The maximum atomic E-state index is 13.1. The molecule has 0 aliphatic rings. The van der Waals surface area contributed by atoms with E-state index in [2.05, 4.69) is 10.4 Å². The lowest BCUT2D eigenvalue weighted by molar-refractivity contribution is -0.134. The molecular weight excluding hydrogens is 453 g/mol. The largest absolute Gasteiger partial charge is 0.481 e. The van der Waals surface area contributed by atoms with Crippen molar-refractivity contribution in [2.24, 2.45) is 0 Å². The van der Waals surface area contributed by atoms with Crippen LogP contribution in [0.1, 0.15) is 50.7 Å². The topological polar surface area (TPSA) is 118 Å². The van der Waals surface area contributed by atoms with Crippen molar-refractivity contribution in [1.29, 1.82) is 0 Å². The fourth-order valence-electron chi connectivity index (χ4n) is 3.58. The summed E-state index contributed by atoms with van der Waals surface area (Å²) in [7, 11) is 0. The molecule has 0 aliphatic heterocycles. The maximum Gasteiger partial charge on any atom is 0.300 e. The summed E-state index contributed by atoms with van der Waals surface area (Å²) in [5, 5.41) is 16.3. The normalized spacial score (nSPS) is 12.2. The highest BCUT2D eigenvalue weighted by molar-refractivity contribution is 5.91. The summed E-state index contributed by atoms with van der Waals surface area (Å²) in [5.41, 5.74) is 0.882. The number of carbonyl (C=O) groups excluding carboxylic acids is 2. The first kappa shape index (κ1) is 27.4. The minimum atomic E-state index is -1.15. The van der Waals surface area contributed by atoms with E-state index in [0.29, 0.717) is 18.4 Å². The number of carboxylic acid groups (broad SMARTS) is 1. The Kier molecular flexibility index (Phi) is 10.3. The summed E-state index contributed by atoms with van der Waals surface area (Å²) in [6.45, 7) is 3.56. The molecule has 186 valence electrons. The summed E-state index contributed by atoms with van der Waals surface area (Å²) in [4.78, 5) is 46.4. The van der Waals surface area contributed by atoms with Crippen molar-refractivity contribution in [3.8, 4) is 0 Å². The van der Waals surface area contributed by atoms with E-state index in [-0.39, 0.29) is 12.1 Å². The Hall–Kier alpha value is -3.88. The number of hydrogen-bond acceptors (Lipinski definition) is 5. The molecule has 0 spiro atoms. The van der Waals surface area contributed by atoms with Crippen molar-refractivity contribution < 1.29 is 23.9 Å². The molecule has 2 unspecified atom stereocenters. The van der Waals surface area contributed by atoms with Crippen LogP contribution in [-0.4, -0.2) is 45.3 Å². The minimum Gasteiger partial charge on any atom is -0.481 e. The summed E-state index contributed by atoms with van der Waals surface area (Å²) >= 11 is 0. The zero-order valence-corrected chi connectivity index (χ0v) is 20.0. The Balaban J connectivity index is 0.00000100. The van der Waals surface area contributed by atoms with Gasteiger partial charge in [0.2, 0.25) is 5.91 Å². The predicted molar refractivity (Wildman–Crippen MR) is 131 cm³/mol. The number of aliphatic carboxylic acids is 1. The Bertz CT molecular complexity index is 1240. The van der Waals surface area contributed by atoms with Gasteiger partial charge in [-0.3, -0.25) is 19.2 Å². The van der Waals surface area contributed by atoms with Crippen LogP contribution in [0.5, 0.6) is 0 Å². The number of carbonyl (C=O) groups is 3. The van der Waals surface area contributed by atoms with Gasteiger partial charge in [-0.25, -0.2) is 9.07 Å². The lowest BCUT2D eigenvalue weighted by Crippen LogP contribution is -2.43. The van der Waals surface area contributed by atoms with Gasteiger partial charge in [0.05, 0.1) is 18.5 Å². The molecule has 8 nitrogen and oxygen atoms in total. The second-order valence-electron chi connectivity index (χ2n) is 8.12. The monoisotopic (exact) mass is 483 g/mol. The first-order valence-electron chi connectivity index (χ1n) is 11.3. The molecule has 1 amide bonds. The third-order valence-electron chi connectivity index (χ3n) is 5.33. The van der Waals surface area contributed by atoms with Crippen LogP contribution in [0, 0.1) is 0 Å². The zero-order chi connectivity index (χ0) is 26.0. The SMILES string of the molecule is CC(=O)O.CCCC(C(=O)NC(C)C(=O)CF)c1ccnn(Cc2ccc3ccccc3c2)c1=O. The van der Waals surface area contributed by atoms with E-state index in [1.165, 1.54) is 17.8 Å². The fourth-order valence-corrected chi connectivity index (χ4v) is 3.58. The summed E-state index contributed by atoms with van der Waals surface area (Å²) in [6.07, 6.45) is 2.59. The highest BCUT2D eigenvalue weighted by Gasteiger charge is 2.26. The maximum absolute atomic E-state index is 13.1. The number of fused-ring (bicyclic) bond motifs is 1. The molecule has 0 bridgehead atoms. The highest BCUT2D eigenvalue weighted by Crippen LogP contribution is 2.19. The summed E-state index contributed by atoms with van der Waals surface area (Å²) < 4.78 is 14.0. The predicted octanol–water partition coefficient (Wildman–Crippen LogP) is 3.46. The number of hydrogen-bond donors (Lipinski definition) is 2. The summed E-state index contributed by atoms with van der Waals surface area (Å²) in [5.74, 6) is -2.73. The first-order chi connectivity index (χ1) is 16.7. The van der Waals surface area contributed by atoms with Gasteiger partial charge < -0.3 is 10.4 Å². The number of amides is 1. The van der Waals surface area contributed by atoms with Crippen LogP contribution < -0.4 is 10.9 Å². The number of benzene rings is 2. The van der Waals surface area contributed by atoms with Crippen LogP contribution in [0.4, 0.5) is 4.39 Å². The molecule has 9 heteroatoms. The average Bonchev–Trinajstić information content (AvgIpc) is 2.83. The molecular formula is C26H30FN3O5. The van der Waals surface area contributed by atoms with Gasteiger partial charge in [0.15, 0.2) is 5.78 Å². The molecule has 2 N–H and O–H groups in total. The van der Waals surface area contributed by atoms with Crippen LogP contribution in [0.2, 0.25) is 0 Å². The van der Waals surface area contributed by atoms with Crippen molar-refractivity contribution >= 4 is 28.4 Å². The Morgan fingerprint density at radius 2 is 1.77 bits per heavy atom. The number of halogens is 1. The fraction of sp³-hybridized carbons (Fsp3) is 0.346. The smallest absolute Gasteiger partial charge is 0.300 e. The van der Waals surface area contributed by atoms with E-state index < -0.39 is 36.3 Å². The van der Waals surface area contributed by atoms with Crippen molar-refractivity contribution in [3.63, 3.8) is 0 Å². The number of carboxylic acids is 1. The second-order valence-corrected chi connectivity index (χ2v) is 8.12. The van der Waals surface area contributed by atoms with Crippen LogP contribution >= 0.6 is 0 Å². The number of nitrogens with one attached hydrogen (secondary N) is 1. The lowest BCUT2D eigenvalue weighted by Gasteiger charge is -2.19. The Morgan fingerprint density at radius 3 is 2.40 bits per heavy atom. The number of ketones is 1. The number of Topliss-reactive ketones (excluding diaryl/α,β-unsaturated/α-hetero) is 1. The Morgan fingerprint density at radius 1 is 1.11 bits per heavy atom. The number of aromatic nitrogens is 2. The summed E-state index contributed by atoms with van der Waals surface area (Å²) in [6, 6.07) is 14.5. The molecule has 3 rings (SSSR count). The molecule has 0 aliphatic carbocycles. The average molecular weight is 484 g/mol.